The van der Waals surface area contributed by atoms with Crippen molar-refractivity contribution < 1.29 is 8.42 Å². The van der Waals surface area contributed by atoms with Crippen LogP contribution in [-0.4, -0.2) is 37.8 Å². The number of aromatic nitrogens is 2. The lowest BCUT2D eigenvalue weighted by molar-refractivity contribution is 0.227. The summed E-state index contributed by atoms with van der Waals surface area (Å²) in [6, 6.07) is 0.0272. The van der Waals surface area contributed by atoms with E-state index in [1.807, 2.05) is 7.05 Å². The first-order valence-corrected chi connectivity index (χ1v) is 9.11. The normalized spacial score (nSPS) is 26.9. The van der Waals surface area contributed by atoms with Crippen molar-refractivity contribution in [2.24, 2.45) is 11.8 Å². The molecule has 3 atom stereocenters. The zero-order valence-electron chi connectivity index (χ0n) is 13.0. The zero-order valence-corrected chi connectivity index (χ0v) is 13.9. The third kappa shape index (κ3) is 4.05. The fourth-order valence-electron chi connectivity index (χ4n) is 2.85. The van der Waals surface area contributed by atoms with Gasteiger partial charge in [-0.3, -0.25) is 4.68 Å². The van der Waals surface area contributed by atoms with Gasteiger partial charge in [0.25, 0.3) is 0 Å². The van der Waals surface area contributed by atoms with Crippen LogP contribution in [-0.2, 0) is 16.6 Å². The Morgan fingerprint density at radius 1 is 1.38 bits per heavy atom. The minimum Gasteiger partial charge on any atom is -0.318 e. The second kappa shape index (κ2) is 6.89. The average Bonchev–Trinajstić information content (AvgIpc) is 2.91. The highest BCUT2D eigenvalue weighted by Gasteiger charge is 2.31. The van der Waals surface area contributed by atoms with Gasteiger partial charge in [0.15, 0.2) is 0 Å². The Bertz CT molecular complexity index is 555. The maximum Gasteiger partial charge on any atom is 0.243 e. The quantitative estimate of drug-likeness (QED) is 0.827. The summed E-state index contributed by atoms with van der Waals surface area (Å²) in [5.41, 5.74) is 0. The number of hydrogen-bond acceptors (Lipinski definition) is 4. The van der Waals surface area contributed by atoms with E-state index >= 15 is 0 Å². The van der Waals surface area contributed by atoms with E-state index in [2.05, 4.69) is 29.0 Å². The molecule has 2 rings (SSSR count). The summed E-state index contributed by atoms with van der Waals surface area (Å²) >= 11 is 0. The largest absolute Gasteiger partial charge is 0.318 e. The van der Waals surface area contributed by atoms with Crippen molar-refractivity contribution >= 4 is 10.0 Å². The molecule has 21 heavy (non-hydrogen) atoms. The van der Waals surface area contributed by atoms with Crippen LogP contribution >= 0.6 is 0 Å². The van der Waals surface area contributed by atoms with Gasteiger partial charge in [-0.15, -0.1) is 0 Å². The molecule has 0 aromatic carbocycles. The fraction of sp³-hybridized carbons (Fsp3) is 0.786. The van der Waals surface area contributed by atoms with Gasteiger partial charge < -0.3 is 5.32 Å². The third-order valence-corrected chi connectivity index (χ3v) is 5.97. The molecule has 1 aromatic rings. The number of likely N-dealkylation sites (N-methyl/N-ethyl adjacent to an activating group) is 1. The number of hydrogen-bond donors (Lipinski definition) is 2. The summed E-state index contributed by atoms with van der Waals surface area (Å²) in [5, 5.41) is 7.12. The molecule has 0 bridgehead atoms. The number of sulfonamides is 1. The van der Waals surface area contributed by atoms with Crippen LogP contribution in [0.5, 0.6) is 0 Å². The molecule has 1 heterocycles. The zero-order chi connectivity index (χ0) is 15.5. The van der Waals surface area contributed by atoms with Crippen molar-refractivity contribution in [2.45, 2.75) is 50.6 Å². The lowest BCUT2D eigenvalue weighted by Gasteiger charge is -2.34. The number of nitrogens with one attached hydrogen (secondary N) is 2. The first-order valence-electron chi connectivity index (χ1n) is 7.63. The predicted octanol–water partition coefficient (Wildman–Crippen LogP) is 1.21. The highest BCUT2D eigenvalue weighted by atomic mass is 32.2. The fourth-order valence-corrected chi connectivity index (χ4v) is 4.16. The van der Waals surface area contributed by atoms with Gasteiger partial charge in [-0.05, 0) is 25.3 Å². The molecule has 1 saturated carbocycles. The van der Waals surface area contributed by atoms with E-state index in [9.17, 15) is 8.42 Å². The van der Waals surface area contributed by atoms with Crippen LogP contribution in [0.1, 0.15) is 33.1 Å². The summed E-state index contributed by atoms with van der Waals surface area (Å²) in [6.45, 7) is 5.74. The van der Waals surface area contributed by atoms with E-state index in [1.54, 1.807) is 10.9 Å². The second-order valence-corrected chi connectivity index (χ2v) is 7.75. The second-order valence-electron chi connectivity index (χ2n) is 6.04. The molecule has 0 saturated heterocycles. The van der Waals surface area contributed by atoms with E-state index in [1.165, 1.54) is 12.6 Å². The van der Waals surface area contributed by atoms with Crippen molar-refractivity contribution in [3.8, 4) is 0 Å². The van der Waals surface area contributed by atoms with Crippen LogP contribution in [0.3, 0.4) is 0 Å². The van der Waals surface area contributed by atoms with Crippen LogP contribution in [0, 0.1) is 11.8 Å². The van der Waals surface area contributed by atoms with Crippen LogP contribution in [0.4, 0.5) is 0 Å². The number of nitrogens with zero attached hydrogens (tertiary/aromatic N) is 2. The Balaban J connectivity index is 2.05. The summed E-state index contributed by atoms with van der Waals surface area (Å²) in [5.74, 6) is 0.928. The topological polar surface area (TPSA) is 76.0 Å². The smallest absolute Gasteiger partial charge is 0.243 e. The highest BCUT2D eigenvalue weighted by Crippen LogP contribution is 2.30. The molecular formula is C14H26N4O2S. The SMILES string of the molecule is CNCCn1cc(S(=O)(=O)NC2CCCC(C)C2C)cn1. The minimum atomic E-state index is -3.47. The average molecular weight is 314 g/mol. The molecule has 0 spiro atoms. The summed E-state index contributed by atoms with van der Waals surface area (Å²) in [7, 11) is -1.62. The first-order chi connectivity index (χ1) is 9.94. The Kier molecular flexibility index (Phi) is 5.40. The molecule has 7 heteroatoms. The van der Waals surface area contributed by atoms with Gasteiger partial charge in [-0.1, -0.05) is 26.7 Å². The lowest BCUT2D eigenvalue weighted by Crippen LogP contribution is -2.43. The van der Waals surface area contributed by atoms with E-state index in [0.29, 0.717) is 18.4 Å². The summed E-state index contributed by atoms with van der Waals surface area (Å²) < 4.78 is 29.4. The monoisotopic (exact) mass is 314 g/mol. The molecule has 120 valence electrons. The predicted molar refractivity (Wildman–Crippen MR) is 82.4 cm³/mol. The molecule has 0 amide bonds. The van der Waals surface area contributed by atoms with Gasteiger partial charge in [0, 0.05) is 18.8 Å². The van der Waals surface area contributed by atoms with E-state index < -0.39 is 10.0 Å². The molecule has 1 fully saturated rings. The Morgan fingerprint density at radius 3 is 2.86 bits per heavy atom. The third-order valence-electron chi connectivity index (χ3n) is 4.52. The molecule has 3 unspecified atom stereocenters. The van der Waals surface area contributed by atoms with Gasteiger partial charge in [0.2, 0.25) is 10.0 Å². The number of rotatable bonds is 6. The van der Waals surface area contributed by atoms with Crippen molar-refractivity contribution in [3.63, 3.8) is 0 Å². The van der Waals surface area contributed by atoms with E-state index in [0.717, 1.165) is 19.4 Å². The molecule has 1 aliphatic rings. The molecular weight excluding hydrogens is 288 g/mol. The van der Waals surface area contributed by atoms with Crippen molar-refractivity contribution in [3.05, 3.63) is 12.4 Å². The Labute approximate surface area is 127 Å². The van der Waals surface area contributed by atoms with Crippen molar-refractivity contribution in [2.75, 3.05) is 13.6 Å². The highest BCUT2D eigenvalue weighted by molar-refractivity contribution is 7.89. The molecule has 6 nitrogen and oxygen atoms in total. The van der Waals surface area contributed by atoms with Gasteiger partial charge >= 0.3 is 0 Å². The molecule has 1 aromatic heterocycles. The van der Waals surface area contributed by atoms with Crippen molar-refractivity contribution in [1.29, 1.82) is 0 Å². The lowest BCUT2D eigenvalue weighted by atomic mass is 9.78. The molecule has 0 radical (unpaired) electrons. The summed E-state index contributed by atoms with van der Waals surface area (Å²) in [4.78, 5) is 0.254. The summed E-state index contributed by atoms with van der Waals surface area (Å²) in [6.07, 6.45) is 6.20. The van der Waals surface area contributed by atoms with Gasteiger partial charge in [-0.2, -0.15) is 5.10 Å². The van der Waals surface area contributed by atoms with Crippen LogP contribution in [0.2, 0.25) is 0 Å². The van der Waals surface area contributed by atoms with Gasteiger partial charge in [-0.25, -0.2) is 13.1 Å². The van der Waals surface area contributed by atoms with Gasteiger partial charge in [0.05, 0.1) is 12.7 Å². The van der Waals surface area contributed by atoms with E-state index in [-0.39, 0.29) is 10.9 Å². The minimum absolute atomic E-state index is 0.0272. The Hall–Kier alpha value is -0.920. The molecule has 2 N–H and O–H groups in total. The maximum absolute atomic E-state index is 12.5. The molecule has 0 aliphatic heterocycles. The standard InChI is InChI=1S/C14H26N4O2S/c1-11-5-4-6-14(12(11)2)17-21(19,20)13-9-16-18(10-13)8-7-15-3/h9-12,14-15,17H,4-8H2,1-3H3. The maximum atomic E-state index is 12.5. The van der Waals surface area contributed by atoms with Gasteiger partial charge in [0.1, 0.15) is 4.90 Å². The van der Waals surface area contributed by atoms with Crippen LogP contribution < -0.4 is 10.0 Å². The molecule has 1 aliphatic carbocycles. The van der Waals surface area contributed by atoms with Crippen LogP contribution in [0.15, 0.2) is 17.3 Å². The van der Waals surface area contributed by atoms with E-state index in [4.69, 9.17) is 0 Å². The Morgan fingerprint density at radius 2 is 2.14 bits per heavy atom. The van der Waals surface area contributed by atoms with Crippen molar-refractivity contribution in [1.82, 2.24) is 19.8 Å². The van der Waals surface area contributed by atoms with Crippen LogP contribution in [0.25, 0.3) is 0 Å². The first kappa shape index (κ1) is 16.5.